The summed E-state index contributed by atoms with van der Waals surface area (Å²) < 4.78 is 5.75. The zero-order valence-corrected chi connectivity index (χ0v) is 20.5. The van der Waals surface area contributed by atoms with Gasteiger partial charge in [0.25, 0.3) is 5.91 Å². The lowest BCUT2D eigenvalue weighted by molar-refractivity contribution is 0.0956. The van der Waals surface area contributed by atoms with E-state index in [9.17, 15) is 4.79 Å². The minimum atomic E-state index is -0.282. The molecule has 1 amide bonds. The Kier molecular flexibility index (Phi) is 7.88. The van der Waals surface area contributed by atoms with Crippen LogP contribution in [0.1, 0.15) is 61.0 Å². The number of nitrogens with one attached hydrogen (secondary N) is 1. The molecule has 1 N–H and O–H groups in total. The van der Waals surface area contributed by atoms with Gasteiger partial charge in [-0.05, 0) is 47.7 Å². The minimum Gasteiger partial charge on any atom is -0.494 e. The van der Waals surface area contributed by atoms with Gasteiger partial charge in [-0.1, -0.05) is 81.8 Å². The molecule has 178 valence electrons. The molecular weight excluding hydrogens is 434 g/mol. The van der Waals surface area contributed by atoms with Crippen LogP contribution in [0.25, 0.3) is 22.2 Å². The number of rotatable bonds is 9. The standard InChI is InChI=1S/C30H31N3O2/c1-4-5-17-35-25-10-8-9-22(18-25)20-31-33-30(34)27-19-29(32-28-12-7-6-11-26(27)28)24-15-13-23(14-16-24)21(2)3/h6-16,18-21H,4-5,17H2,1-3H3,(H,33,34)/b31-20+. The maximum Gasteiger partial charge on any atom is 0.272 e. The van der Waals surface area contributed by atoms with Crippen LogP contribution in [-0.4, -0.2) is 23.7 Å². The van der Waals surface area contributed by atoms with Crippen molar-refractivity contribution in [3.63, 3.8) is 0 Å². The maximum absolute atomic E-state index is 13.1. The van der Waals surface area contributed by atoms with Gasteiger partial charge in [0.1, 0.15) is 5.75 Å². The zero-order valence-electron chi connectivity index (χ0n) is 20.5. The van der Waals surface area contributed by atoms with Gasteiger partial charge >= 0.3 is 0 Å². The fourth-order valence-corrected chi connectivity index (χ4v) is 3.79. The van der Waals surface area contributed by atoms with Crippen molar-refractivity contribution in [3.8, 4) is 17.0 Å². The van der Waals surface area contributed by atoms with Crippen LogP contribution in [-0.2, 0) is 0 Å². The summed E-state index contributed by atoms with van der Waals surface area (Å²) in [6.07, 6.45) is 3.72. The lowest BCUT2D eigenvalue weighted by Crippen LogP contribution is -2.18. The van der Waals surface area contributed by atoms with E-state index < -0.39 is 0 Å². The van der Waals surface area contributed by atoms with Crippen LogP contribution in [0.4, 0.5) is 0 Å². The van der Waals surface area contributed by atoms with Gasteiger partial charge in [0.15, 0.2) is 0 Å². The number of benzene rings is 3. The van der Waals surface area contributed by atoms with Gasteiger partial charge in [-0.25, -0.2) is 10.4 Å². The van der Waals surface area contributed by atoms with E-state index in [0.29, 0.717) is 18.1 Å². The van der Waals surface area contributed by atoms with Crippen molar-refractivity contribution in [1.82, 2.24) is 10.4 Å². The van der Waals surface area contributed by atoms with Crippen molar-refractivity contribution < 1.29 is 9.53 Å². The van der Waals surface area contributed by atoms with Crippen molar-refractivity contribution in [3.05, 3.63) is 95.6 Å². The van der Waals surface area contributed by atoms with Crippen LogP contribution >= 0.6 is 0 Å². The molecule has 0 radical (unpaired) electrons. The molecule has 0 saturated carbocycles. The highest BCUT2D eigenvalue weighted by molar-refractivity contribution is 6.07. The molecule has 0 fully saturated rings. The number of para-hydroxylation sites is 1. The number of hydrazone groups is 1. The Morgan fingerprint density at radius 1 is 1.03 bits per heavy atom. The molecule has 3 aromatic carbocycles. The molecule has 4 aromatic rings. The van der Waals surface area contributed by atoms with E-state index >= 15 is 0 Å². The van der Waals surface area contributed by atoms with Crippen molar-refractivity contribution in [2.24, 2.45) is 5.10 Å². The second kappa shape index (κ2) is 11.4. The Bertz CT molecular complexity index is 1330. The Labute approximate surface area is 206 Å². The van der Waals surface area contributed by atoms with E-state index in [-0.39, 0.29) is 5.91 Å². The minimum absolute atomic E-state index is 0.282. The number of hydrogen-bond acceptors (Lipinski definition) is 4. The molecule has 5 nitrogen and oxygen atoms in total. The number of carbonyl (C=O) groups is 1. The Hall–Kier alpha value is -3.99. The average Bonchev–Trinajstić information content (AvgIpc) is 2.88. The summed E-state index contributed by atoms with van der Waals surface area (Å²) in [5.41, 5.74) is 7.82. The molecule has 0 unspecified atom stereocenters. The first kappa shape index (κ1) is 24.1. The summed E-state index contributed by atoms with van der Waals surface area (Å²) in [6.45, 7) is 7.15. The number of aromatic nitrogens is 1. The van der Waals surface area contributed by atoms with Gasteiger partial charge in [0, 0.05) is 10.9 Å². The molecule has 0 spiro atoms. The monoisotopic (exact) mass is 465 g/mol. The van der Waals surface area contributed by atoms with Gasteiger partial charge in [-0.2, -0.15) is 5.10 Å². The van der Waals surface area contributed by atoms with E-state index in [0.717, 1.165) is 46.3 Å². The van der Waals surface area contributed by atoms with Crippen LogP contribution in [0, 0.1) is 0 Å². The van der Waals surface area contributed by atoms with Gasteiger partial charge in [-0.15, -0.1) is 0 Å². The number of amides is 1. The molecule has 0 aliphatic carbocycles. The second-order valence-corrected chi connectivity index (χ2v) is 8.82. The largest absolute Gasteiger partial charge is 0.494 e. The molecule has 35 heavy (non-hydrogen) atoms. The van der Waals surface area contributed by atoms with E-state index in [1.807, 2.05) is 54.6 Å². The maximum atomic E-state index is 13.1. The summed E-state index contributed by atoms with van der Waals surface area (Å²) in [6, 6.07) is 25.5. The first-order valence-corrected chi connectivity index (χ1v) is 12.1. The smallest absolute Gasteiger partial charge is 0.272 e. The second-order valence-electron chi connectivity index (χ2n) is 8.82. The van der Waals surface area contributed by atoms with E-state index in [1.165, 1.54) is 5.56 Å². The molecule has 1 aromatic heterocycles. The Morgan fingerprint density at radius 2 is 1.83 bits per heavy atom. The summed E-state index contributed by atoms with van der Waals surface area (Å²) in [5, 5.41) is 4.98. The van der Waals surface area contributed by atoms with Crippen molar-refractivity contribution in [2.75, 3.05) is 6.61 Å². The highest BCUT2D eigenvalue weighted by Crippen LogP contribution is 2.26. The Morgan fingerprint density at radius 3 is 2.60 bits per heavy atom. The fraction of sp³-hybridized carbons (Fsp3) is 0.233. The van der Waals surface area contributed by atoms with Crippen LogP contribution in [0.5, 0.6) is 5.75 Å². The fourth-order valence-electron chi connectivity index (χ4n) is 3.79. The van der Waals surface area contributed by atoms with Gasteiger partial charge < -0.3 is 4.74 Å². The van der Waals surface area contributed by atoms with Crippen LogP contribution in [0.15, 0.2) is 84.0 Å². The van der Waals surface area contributed by atoms with E-state index in [4.69, 9.17) is 9.72 Å². The first-order chi connectivity index (χ1) is 17.0. The average molecular weight is 466 g/mol. The van der Waals surface area contributed by atoms with Crippen LogP contribution in [0.2, 0.25) is 0 Å². The summed E-state index contributed by atoms with van der Waals surface area (Å²) in [4.78, 5) is 17.9. The summed E-state index contributed by atoms with van der Waals surface area (Å²) in [7, 11) is 0. The topological polar surface area (TPSA) is 63.6 Å². The molecule has 0 aliphatic heterocycles. The number of pyridine rings is 1. The Balaban J connectivity index is 1.56. The zero-order chi connectivity index (χ0) is 24.6. The van der Waals surface area contributed by atoms with Crippen molar-refractivity contribution >= 4 is 23.0 Å². The van der Waals surface area contributed by atoms with Gasteiger partial charge in [-0.3, -0.25) is 4.79 Å². The lowest BCUT2D eigenvalue weighted by atomic mass is 9.99. The highest BCUT2D eigenvalue weighted by Gasteiger charge is 2.14. The molecule has 0 saturated heterocycles. The van der Waals surface area contributed by atoms with E-state index in [1.54, 1.807) is 6.21 Å². The number of nitrogens with zero attached hydrogens (tertiary/aromatic N) is 2. The lowest BCUT2D eigenvalue weighted by Gasteiger charge is -2.10. The number of ether oxygens (including phenoxy) is 1. The van der Waals surface area contributed by atoms with Crippen LogP contribution in [0.3, 0.4) is 0 Å². The van der Waals surface area contributed by atoms with Crippen LogP contribution < -0.4 is 10.2 Å². The molecule has 1 heterocycles. The highest BCUT2D eigenvalue weighted by atomic mass is 16.5. The predicted molar refractivity (Wildman–Crippen MR) is 143 cm³/mol. The normalized spacial score (nSPS) is 11.3. The number of carbonyl (C=O) groups excluding carboxylic acids is 1. The van der Waals surface area contributed by atoms with Crippen molar-refractivity contribution in [1.29, 1.82) is 0 Å². The number of fused-ring (bicyclic) bond motifs is 1. The third kappa shape index (κ3) is 6.12. The molecule has 0 atom stereocenters. The first-order valence-electron chi connectivity index (χ1n) is 12.1. The SMILES string of the molecule is CCCCOc1cccc(/C=N/NC(=O)c2cc(-c3ccc(C(C)C)cc3)nc3ccccc23)c1. The number of hydrogen-bond donors (Lipinski definition) is 1. The third-order valence-corrected chi connectivity index (χ3v) is 5.84. The molecule has 5 heteroatoms. The molecule has 0 bridgehead atoms. The predicted octanol–water partition coefficient (Wildman–Crippen LogP) is 6.97. The summed E-state index contributed by atoms with van der Waals surface area (Å²) in [5.74, 6) is 0.966. The molecular formula is C30H31N3O2. The van der Waals surface area contributed by atoms with Crippen molar-refractivity contribution in [2.45, 2.75) is 39.5 Å². The third-order valence-electron chi connectivity index (χ3n) is 5.84. The van der Waals surface area contributed by atoms with Gasteiger partial charge in [0.05, 0.1) is 29.6 Å². The molecule has 0 aliphatic rings. The quantitative estimate of drug-likeness (QED) is 0.165. The summed E-state index contributed by atoms with van der Waals surface area (Å²) >= 11 is 0. The number of unbranched alkanes of at least 4 members (excludes halogenated alkanes) is 1. The van der Waals surface area contributed by atoms with E-state index in [2.05, 4.69) is 55.6 Å². The molecule has 4 rings (SSSR count). The van der Waals surface area contributed by atoms with Gasteiger partial charge in [0.2, 0.25) is 0 Å².